The molecular formula is C18H17N5O2S2. The van der Waals surface area contributed by atoms with Crippen molar-refractivity contribution < 1.29 is 9.32 Å². The Labute approximate surface area is 163 Å². The largest absolute Gasteiger partial charge is 0.360 e. The highest BCUT2D eigenvalue weighted by atomic mass is 32.2. The first-order valence-electron chi connectivity index (χ1n) is 8.28. The molecule has 0 radical (unpaired) electrons. The predicted octanol–water partition coefficient (Wildman–Crippen LogP) is 4.21. The molecule has 9 heteroatoms. The van der Waals surface area contributed by atoms with Crippen LogP contribution in [0.1, 0.15) is 27.5 Å². The summed E-state index contributed by atoms with van der Waals surface area (Å²) in [5, 5.41) is 13.7. The van der Waals surface area contributed by atoms with Crippen LogP contribution < -0.4 is 0 Å². The molecule has 0 atom stereocenters. The van der Waals surface area contributed by atoms with Gasteiger partial charge in [0.25, 0.3) is 0 Å². The quantitative estimate of drug-likeness (QED) is 0.386. The Morgan fingerprint density at radius 2 is 2.19 bits per heavy atom. The van der Waals surface area contributed by atoms with E-state index in [1.165, 1.54) is 11.8 Å². The lowest BCUT2D eigenvalue weighted by Gasteiger charge is -2.04. The summed E-state index contributed by atoms with van der Waals surface area (Å²) in [5.41, 5.74) is 2.46. The number of ketones is 1. The van der Waals surface area contributed by atoms with Crippen molar-refractivity contribution in [2.24, 2.45) is 0 Å². The highest BCUT2D eigenvalue weighted by molar-refractivity contribution is 7.99. The lowest BCUT2D eigenvalue weighted by Crippen LogP contribution is -2.06. The summed E-state index contributed by atoms with van der Waals surface area (Å²) in [5.74, 6) is 2.43. The van der Waals surface area contributed by atoms with E-state index < -0.39 is 0 Å². The number of Topliss-reactive ketones (excluding diaryl/α,β-unsaturated/α-hetero) is 1. The number of nitrogens with zero attached hydrogens (tertiary/aromatic N) is 4. The Balaban J connectivity index is 1.49. The van der Waals surface area contributed by atoms with Crippen molar-refractivity contribution in [3.63, 3.8) is 0 Å². The molecule has 0 aliphatic rings. The van der Waals surface area contributed by atoms with Crippen LogP contribution in [0, 0.1) is 20.8 Å². The van der Waals surface area contributed by atoms with Crippen LogP contribution in [-0.4, -0.2) is 36.4 Å². The molecule has 0 aliphatic carbocycles. The van der Waals surface area contributed by atoms with Crippen LogP contribution in [0.4, 0.5) is 0 Å². The van der Waals surface area contributed by atoms with Gasteiger partial charge in [-0.2, -0.15) is 0 Å². The van der Waals surface area contributed by atoms with Crippen molar-refractivity contribution in [1.29, 1.82) is 0 Å². The van der Waals surface area contributed by atoms with E-state index in [4.69, 9.17) is 4.52 Å². The average molecular weight is 400 g/mol. The minimum absolute atomic E-state index is 0.0297. The molecule has 0 spiro atoms. The standard InChI is InChI=1S/C18H17N5O2S2/c1-10-7-13(12(3)23(10)16-8-11(2)25-22-16)14(24)9-27-18-19-17(20-21-18)15-5-4-6-26-15/h4-8H,9H2,1-3H3,(H,19,20,21). The SMILES string of the molecule is Cc1cc(-n2c(C)cc(C(=O)CSc3n[nH]c(-c4cccs4)n3)c2C)no1. The first-order chi connectivity index (χ1) is 13.0. The number of rotatable bonds is 6. The van der Waals surface area contributed by atoms with E-state index in [1.807, 2.05) is 55.0 Å². The molecule has 138 valence electrons. The lowest BCUT2D eigenvalue weighted by molar-refractivity contribution is 0.102. The van der Waals surface area contributed by atoms with Crippen LogP contribution in [-0.2, 0) is 0 Å². The van der Waals surface area contributed by atoms with Gasteiger partial charge in [0.05, 0.1) is 10.6 Å². The first kappa shape index (κ1) is 17.7. The fourth-order valence-corrected chi connectivity index (χ4v) is 4.24. The van der Waals surface area contributed by atoms with Gasteiger partial charge in [0, 0.05) is 23.0 Å². The highest BCUT2D eigenvalue weighted by Gasteiger charge is 2.19. The van der Waals surface area contributed by atoms with Crippen LogP contribution >= 0.6 is 23.1 Å². The van der Waals surface area contributed by atoms with Crippen molar-refractivity contribution in [3.05, 3.63) is 52.4 Å². The van der Waals surface area contributed by atoms with Crippen LogP contribution in [0.15, 0.2) is 39.3 Å². The van der Waals surface area contributed by atoms with E-state index in [9.17, 15) is 4.79 Å². The second-order valence-corrected chi connectivity index (χ2v) is 7.96. The van der Waals surface area contributed by atoms with Crippen LogP contribution in [0.2, 0.25) is 0 Å². The molecule has 0 saturated heterocycles. The summed E-state index contributed by atoms with van der Waals surface area (Å²) in [6, 6.07) is 7.68. The number of hydrogen-bond donors (Lipinski definition) is 1. The third-order valence-electron chi connectivity index (χ3n) is 4.13. The summed E-state index contributed by atoms with van der Waals surface area (Å²) >= 11 is 2.91. The molecule has 7 nitrogen and oxygen atoms in total. The fraction of sp³-hybridized carbons (Fsp3) is 0.222. The normalized spacial score (nSPS) is 11.2. The van der Waals surface area contributed by atoms with Gasteiger partial charge in [0.15, 0.2) is 17.4 Å². The minimum Gasteiger partial charge on any atom is -0.360 e. The number of carbonyl (C=O) groups is 1. The van der Waals surface area contributed by atoms with E-state index in [0.717, 1.165) is 27.8 Å². The molecule has 1 N–H and O–H groups in total. The van der Waals surface area contributed by atoms with Gasteiger partial charge in [-0.25, -0.2) is 4.98 Å². The first-order valence-corrected chi connectivity index (χ1v) is 10.1. The van der Waals surface area contributed by atoms with Gasteiger partial charge in [-0.1, -0.05) is 23.0 Å². The van der Waals surface area contributed by atoms with Crippen LogP contribution in [0.25, 0.3) is 16.5 Å². The van der Waals surface area contributed by atoms with E-state index in [2.05, 4.69) is 20.3 Å². The molecule has 0 saturated carbocycles. The van der Waals surface area contributed by atoms with E-state index in [0.29, 0.717) is 16.5 Å². The Kier molecular flexibility index (Phi) is 4.71. The maximum Gasteiger partial charge on any atom is 0.209 e. The van der Waals surface area contributed by atoms with Gasteiger partial charge in [-0.15, -0.1) is 16.4 Å². The lowest BCUT2D eigenvalue weighted by atomic mass is 10.2. The van der Waals surface area contributed by atoms with Crippen molar-refractivity contribution >= 4 is 28.9 Å². The Bertz CT molecular complexity index is 1090. The van der Waals surface area contributed by atoms with Crippen LogP contribution in [0.5, 0.6) is 0 Å². The molecule has 4 heterocycles. The van der Waals surface area contributed by atoms with Gasteiger partial charge in [-0.05, 0) is 38.3 Å². The van der Waals surface area contributed by atoms with E-state index in [-0.39, 0.29) is 11.5 Å². The molecule has 0 aromatic carbocycles. The Morgan fingerprint density at radius 3 is 2.89 bits per heavy atom. The third kappa shape index (κ3) is 3.47. The zero-order valence-electron chi connectivity index (χ0n) is 15.0. The minimum atomic E-state index is 0.0297. The van der Waals surface area contributed by atoms with E-state index in [1.54, 1.807) is 11.3 Å². The molecule has 0 amide bonds. The number of thiophene rings is 1. The van der Waals surface area contributed by atoms with Crippen LogP contribution in [0.3, 0.4) is 0 Å². The molecule has 0 fully saturated rings. The van der Waals surface area contributed by atoms with Gasteiger partial charge in [-0.3, -0.25) is 14.5 Å². The summed E-state index contributed by atoms with van der Waals surface area (Å²) in [7, 11) is 0. The smallest absolute Gasteiger partial charge is 0.209 e. The van der Waals surface area contributed by atoms with Crippen molar-refractivity contribution in [3.8, 4) is 16.5 Å². The van der Waals surface area contributed by atoms with Crippen molar-refractivity contribution in [1.82, 2.24) is 24.9 Å². The summed E-state index contributed by atoms with van der Waals surface area (Å²) < 4.78 is 7.08. The van der Waals surface area contributed by atoms with Crippen molar-refractivity contribution in [2.75, 3.05) is 5.75 Å². The summed E-state index contributed by atoms with van der Waals surface area (Å²) in [6.07, 6.45) is 0. The summed E-state index contributed by atoms with van der Waals surface area (Å²) in [6.45, 7) is 5.70. The van der Waals surface area contributed by atoms with Gasteiger partial charge in [0.2, 0.25) is 5.16 Å². The molecule has 4 aromatic rings. The molecule has 0 unspecified atom stereocenters. The Morgan fingerprint density at radius 1 is 1.33 bits per heavy atom. The maximum absolute atomic E-state index is 12.7. The monoisotopic (exact) mass is 399 g/mol. The number of H-pyrrole nitrogens is 1. The van der Waals surface area contributed by atoms with Gasteiger partial charge < -0.3 is 4.52 Å². The third-order valence-corrected chi connectivity index (χ3v) is 5.85. The zero-order valence-corrected chi connectivity index (χ0v) is 16.6. The molecule has 27 heavy (non-hydrogen) atoms. The topological polar surface area (TPSA) is 89.6 Å². The number of aromatic amines is 1. The molecule has 4 rings (SSSR count). The second kappa shape index (κ2) is 7.16. The number of thioether (sulfide) groups is 1. The van der Waals surface area contributed by atoms with E-state index >= 15 is 0 Å². The number of carbonyl (C=O) groups excluding carboxylic acids is 1. The van der Waals surface area contributed by atoms with Crippen molar-refractivity contribution in [2.45, 2.75) is 25.9 Å². The Hall–Kier alpha value is -2.65. The molecular weight excluding hydrogens is 382 g/mol. The number of aryl methyl sites for hydroxylation is 2. The second-order valence-electron chi connectivity index (χ2n) is 6.07. The highest BCUT2D eigenvalue weighted by Crippen LogP contribution is 2.25. The molecule has 4 aromatic heterocycles. The number of hydrogen-bond acceptors (Lipinski definition) is 7. The van der Waals surface area contributed by atoms with Gasteiger partial charge >= 0.3 is 0 Å². The average Bonchev–Trinajstić information content (AvgIpc) is 3.40. The zero-order chi connectivity index (χ0) is 19.0. The maximum atomic E-state index is 12.7. The molecule has 0 bridgehead atoms. The number of nitrogens with one attached hydrogen (secondary N) is 1. The number of aromatic nitrogens is 5. The summed E-state index contributed by atoms with van der Waals surface area (Å²) in [4.78, 5) is 18.2. The van der Waals surface area contributed by atoms with Gasteiger partial charge in [0.1, 0.15) is 5.76 Å². The molecule has 0 aliphatic heterocycles. The fourth-order valence-electron chi connectivity index (χ4n) is 2.90. The predicted molar refractivity (Wildman–Crippen MR) is 105 cm³/mol.